The lowest BCUT2D eigenvalue weighted by Gasteiger charge is -2.34. The molecule has 2 N–H and O–H groups in total. The van der Waals surface area contributed by atoms with Gasteiger partial charge in [0.2, 0.25) is 17.7 Å². The maximum absolute atomic E-state index is 13.9. The number of fused-ring (bicyclic) bond motifs is 1. The van der Waals surface area contributed by atoms with Crippen LogP contribution in [0, 0.1) is 11.8 Å². The number of hydrogen-bond acceptors (Lipinski definition) is 5. The van der Waals surface area contributed by atoms with E-state index >= 15 is 0 Å². The van der Waals surface area contributed by atoms with Gasteiger partial charge < -0.3 is 25.0 Å². The maximum Gasteiger partial charge on any atom is 0.246 e. The molecule has 8 heteroatoms. The van der Waals surface area contributed by atoms with E-state index in [0.29, 0.717) is 11.4 Å². The average Bonchev–Trinajstić information content (AvgIpc) is 3.54. The van der Waals surface area contributed by atoms with E-state index in [0.717, 1.165) is 44.3 Å². The van der Waals surface area contributed by atoms with Crippen molar-refractivity contribution >= 4 is 23.4 Å². The fraction of sp³-hybridized carbons (Fsp3) is 0.452. The Morgan fingerprint density at radius 1 is 0.897 bits per heavy atom. The van der Waals surface area contributed by atoms with Crippen LogP contribution in [-0.2, 0) is 19.1 Å². The van der Waals surface area contributed by atoms with Gasteiger partial charge in [-0.05, 0) is 62.1 Å². The third-order valence-electron chi connectivity index (χ3n) is 8.86. The molecule has 0 aromatic heterocycles. The van der Waals surface area contributed by atoms with Crippen LogP contribution in [-0.4, -0.2) is 52.5 Å². The van der Waals surface area contributed by atoms with Crippen LogP contribution >= 0.6 is 0 Å². The number of nitrogens with one attached hydrogen (secondary N) is 2. The van der Waals surface area contributed by atoms with Crippen LogP contribution in [0.2, 0.25) is 0 Å². The van der Waals surface area contributed by atoms with Crippen molar-refractivity contribution in [2.75, 3.05) is 5.32 Å². The highest BCUT2D eigenvalue weighted by molar-refractivity contribution is 6.03. The summed E-state index contributed by atoms with van der Waals surface area (Å²) >= 11 is 0. The summed E-state index contributed by atoms with van der Waals surface area (Å²) in [6.45, 7) is 0. The first-order valence-electron chi connectivity index (χ1n) is 14.2. The number of benzene rings is 2. The number of rotatable bonds is 7. The van der Waals surface area contributed by atoms with Crippen molar-refractivity contribution in [1.82, 2.24) is 10.2 Å². The van der Waals surface area contributed by atoms with E-state index in [2.05, 4.69) is 10.6 Å². The molecule has 2 saturated heterocycles. The summed E-state index contributed by atoms with van der Waals surface area (Å²) in [6, 6.07) is 16.1. The molecule has 2 aromatic rings. The van der Waals surface area contributed by atoms with Gasteiger partial charge in [-0.15, -0.1) is 0 Å². The normalized spacial score (nSPS) is 31.3. The van der Waals surface area contributed by atoms with E-state index in [4.69, 9.17) is 9.47 Å². The molecular formula is C31H33N3O5. The molecule has 2 saturated carbocycles. The van der Waals surface area contributed by atoms with Crippen LogP contribution < -0.4 is 15.4 Å². The van der Waals surface area contributed by atoms with Crippen LogP contribution in [0.15, 0.2) is 66.7 Å². The zero-order valence-corrected chi connectivity index (χ0v) is 21.8. The van der Waals surface area contributed by atoms with Gasteiger partial charge in [0.1, 0.15) is 23.1 Å². The zero-order chi connectivity index (χ0) is 26.6. The number of likely N-dealkylation sites (tertiary alicyclic amines) is 1. The molecule has 7 rings (SSSR count). The summed E-state index contributed by atoms with van der Waals surface area (Å²) in [7, 11) is 0. The predicted octanol–water partition coefficient (Wildman–Crippen LogP) is 4.18. The number of para-hydroxylation sites is 1. The average molecular weight is 528 g/mol. The zero-order valence-electron chi connectivity index (χ0n) is 21.8. The van der Waals surface area contributed by atoms with Crippen LogP contribution in [0.3, 0.4) is 0 Å². The fourth-order valence-electron chi connectivity index (χ4n) is 6.94. The monoisotopic (exact) mass is 527 g/mol. The lowest BCUT2D eigenvalue weighted by Crippen LogP contribution is -2.57. The molecule has 202 valence electrons. The summed E-state index contributed by atoms with van der Waals surface area (Å²) in [4.78, 5) is 43.0. The molecule has 1 spiro atoms. The number of nitrogens with zero attached hydrogens (tertiary/aromatic N) is 1. The molecule has 4 fully saturated rings. The molecule has 5 unspecified atom stereocenters. The van der Waals surface area contributed by atoms with E-state index in [1.807, 2.05) is 42.5 Å². The Hall–Kier alpha value is -3.65. The van der Waals surface area contributed by atoms with E-state index in [1.54, 1.807) is 29.2 Å². The van der Waals surface area contributed by atoms with E-state index in [-0.39, 0.29) is 29.8 Å². The van der Waals surface area contributed by atoms with Crippen LogP contribution in [0.25, 0.3) is 0 Å². The number of anilines is 1. The van der Waals surface area contributed by atoms with Gasteiger partial charge in [-0.25, -0.2) is 0 Å². The molecule has 5 atom stereocenters. The highest BCUT2D eigenvalue weighted by Gasteiger charge is 2.74. The number of carbonyl (C=O) groups excluding carboxylic acids is 3. The van der Waals surface area contributed by atoms with Gasteiger partial charge in [0.15, 0.2) is 0 Å². The Balaban J connectivity index is 1.10. The molecule has 3 amide bonds. The van der Waals surface area contributed by atoms with Gasteiger partial charge in [-0.3, -0.25) is 14.4 Å². The van der Waals surface area contributed by atoms with Crippen molar-refractivity contribution in [3.63, 3.8) is 0 Å². The summed E-state index contributed by atoms with van der Waals surface area (Å²) < 4.78 is 12.3. The van der Waals surface area contributed by atoms with Crippen molar-refractivity contribution < 1.29 is 23.9 Å². The second-order valence-corrected chi connectivity index (χ2v) is 11.5. The van der Waals surface area contributed by atoms with Crippen molar-refractivity contribution in [2.24, 2.45) is 11.8 Å². The highest BCUT2D eigenvalue weighted by Crippen LogP contribution is 2.57. The molecule has 3 heterocycles. The smallest absolute Gasteiger partial charge is 0.246 e. The minimum atomic E-state index is -1.10. The molecule has 39 heavy (non-hydrogen) atoms. The second-order valence-electron chi connectivity index (χ2n) is 11.5. The molecule has 5 aliphatic rings. The van der Waals surface area contributed by atoms with Gasteiger partial charge in [0, 0.05) is 17.8 Å². The van der Waals surface area contributed by atoms with E-state index in [1.165, 1.54) is 6.42 Å². The first-order chi connectivity index (χ1) is 19.0. The van der Waals surface area contributed by atoms with Crippen molar-refractivity contribution in [1.29, 1.82) is 0 Å². The van der Waals surface area contributed by atoms with Crippen LogP contribution in [0.1, 0.15) is 44.9 Å². The first-order valence-corrected chi connectivity index (χ1v) is 14.2. The molecule has 2 aliphatic carbocycles. The largest absolute Gasteiger partial charge is 0.457 e. The number of ether oxygens (including phenoxy) is 2. The molecule has 2 bridgehead atoms. The lowest BCUT2D eigenvalue weighted by atomic mass is 9.74. The fourth-order valence-corrected chi connectivity index (χ4v) is 6.94. The quantitative estimate of drug-likeness (QED) is 0.527. The number of carbonyl (C=O) groups is 3. The van der Waals surface area contributed by atoms with Crippen molar-refractivity contribution in [2.45, 2.75) is 74.8 Å². The van der Waals surface area contributed by atoms with Crippen LogP contribution in [0.5, 0.6) is 11.5 Å². The molecule has 0 radical (unpaired) electrons. The Morgan fingerprint density at radius 3 is 2.33 bits per heavy atom. The summed E-state index contributed by atoms with van der Waals surface area (Å²) in [6.07, 6.45) is 10.3. The Morgan fingerprint density at radius 2 is 1.62 bits per heavy atom. The second kappa shape index (κ2) is 9.52. The minimum absolute atomic E-state index is 0.0384. The summed E-state index contributed by atoms with van der Waals surface area (Å²) in [5.74, 6) is -0.586. The minimum Gasteiger partial charge on any atom is -0.457 e. The molecular weight excluding hydrogens is 494 g/mol. The van der Waals surface area contributed by atoms with Crippen molar-refractivity contribution in [3.05, 3.63) is 66.7 Å². The van der Waals surface area contributed by atoms with Gasteiger partial charge in [0.05, 0.1) is 17.9 Å². The Labute approximate surface area is 227 Å². The maximum atomic E-state index is 13.9. The highest BCUT2D eigenvalue weighted by atomic mass is 16.5. The van der Waals surface area contributed by atoms with Gasteiger partial charge in [-0.1, -0.05) is 49.6 Å². The Bertz CT molecular complexity index is 1300. The molecule has 8 nitrogen and oxygen atoms in total. The van der Waals surface area contributed by atoms with Gasteiger partial charge in [-0.2, -0.15) is 0 Å². The van der Waals surface area contributed by atoms with Crippen LogP contribution in [0.4, 0.5) is 5.69 Å². The van der Waals surface area contributed by atoms with Crippen molar-refractivity contribution in [3.8, 4) is 11.5 Å². The summed E-state index contributed by atoms with van der Waals surface area (Å²) in [5, 5.41) is 6.21. The lowest BCUT2D eigenvalue weighted by molar-refractivity contribution is -0.142. The number of amides is 3. The van der Waals surface area contributed by atoms with Gasteiger partial charge >= 0.3 is 0 Å². The molecule has 3 aliphatic heterocycles. The summed E-state index contributed by atoms with van der Waals surface area (Å²) in [5.41, 5.74) is -0.490. The standard InChI is InChI=1S/C31H33N3O5/c35-28(32-20-11-15-23(16-12-20)38-22-9-5-2-6-10-22)25-24-17-18-31(39-24)26(25)30(37)34(21-13-14-21)27(31)29(36)33-19-7-3-1-4-8-19/h2,5-6,9-12,15-19,21,24-27H,1,3-4,7-8,13-14H2,(H,32,35)(H,33,36). The first kappa shape index (κ1) is 24.4. The predicted molar refractivity (Wildman–Crippen MR) is 144 cm³/mol. The third kappa shape index (κ3) is 4.22. The number of hydrogen-bond donors (Lipinski definition) is 2. The third-order valence-corrected chi connectivity index (χ3v) is 8.86. The SMILES string of the molecule is O=C(Nc1ccc(Oc2ccccc2)cc1)C1C2C=CC3(O2)C1C(=O)N(C1CC1)C3C(=O)NC1CCCCC1. The van der Waals surface area contributed by atoms with E-state index < -0.39 is 29.6 Å². The van der Waals surface area contributed by atoms with Gasteiger partial charge in [0.25, 0.3) is 0 Å². The molecule has 2 aromatic carbocycles. The Kier molecular flexibility index (Phi) is 5.95. The van der Waals surface area contributed by atoms with E-state index in [9.17, 15) is 14.4 Å². The topological polar surface area (TPSA) is 97.0 Å².